The molecule has 0 aliphatic carbocycles. The molecule has 1 unspecified atom stereocenters. The van der Waals surface area contributed by atoms with Crippen LogP contribution in [0.2, 0.25) is 0 Å². The van der Waals surface area contributed by atoms with Gasteiger partial charge in [0, 0.05) is 43.0 Å². The Bertz CT molecular complexity index is 1290. The molecule has 0 radical (unpaired) electrons. The zero-order valence-electron chi connectivity index (χ0n) is 20.1. The molecular weight excluding hydrogens is 467 g/mol. The summed E-state index contributed by atoms with van der Waals surface area (Å²) in [5.74, 6) is -0.534. The average molecular weight is 499 g/mol. The molecule has 186 valence electrons. The average Bonchev–Trinajstić information content (AvgIpc) is 3.33. The molecule has 1 saturated heterocycles. The normalized spacial score (nSPS) is 16.8. The first-order valence-electron chi connectivity index (χ1n) is 11.9. The van der Waals surface area contributed by atoms with Gasteiger partial charge in [0.15, 0.2) is 0 Å². The van der Waals surface area contributed by atoms with Gasteiger partial charge in [0.05, 0.1) is 10.6 Å². The summed E-state index contributed by atoms with van der Waals surface area (Å²) >= 11 is 0. The third kappa shape index (κ3) is 5.79. The van der Waals surface area contributed by atoms with Crippen LogP contribution in [-0.4, -0.2) is 59.9 Å². The number of hydrogen-bond acceptors (Lipinski definition) is 4. The second kappa shape index (κ2) is 10.7. The lowest BCUT2D eigenvalue weighted by molar-refractivity contribution is 0.0793. The van der Waals surface area contributed by atoms with Gasteiger partial charge in [-0.05, 0) is 69.0 Å². The maximum absolute atomic E-state index is 13.5. The minimum atomic E-state index is -3.64. The number of aromatic amines is 1. The second-order valence-electron chi connectivity index (χ2n) is 9.11. The number of nitrogens with one attached hydrogen (secondary N) is 1. The summed E-state index contributed by atoms with van der Waals surface area (Å²) in [6, 6.07) is 14.4. The summed E-state index contributed by atoms with van der Waals surface area (Å²) in [6.45, 7) is 2.93. The van der Waals surface area contributed by atoms with E-state index in [2.05, 4.69) is 10.2 Å². The molecule has 3 aromatic rings. The number of rotatable bonds is 8. The van der Waals surface area contributed by atoms with E-state index < -0.39 is 10.0 Å². The number of H-pyrrole nitrogens is 1. The van der Waals surface area contributed by atoms with Gasteiger partial charge in [0.2, 0.25) is 10.0 Å². The molecule has 2 aromatic carbocycles. The minimum absolute atomic E-state index is 0.0420. The first-order valence-corrected chi connectivity index (χ1v) is 13.4. The van der Waals surface area contributed by atoms with Crippen LogP contribution >= 0.6 is 0 Å². The number of nitrogens with zero attached hydrogens (tertiary/aromatic N) is 3. The summed E-state index contributed by atoms with van der Waals surface area (Å²) in [7, 11) is -1.93. The van der Waals surface area contributed by atoms with Crippen LogP contribution in [0.5, 0.6) is 0 Å². The van der Waals surface area contributed by atoms with E-state index in [-0.39, 0.29) is 22.7 Å². The highest BCUT2D eigenvalue weighted by Gasteiger charge is 2.31. The van der Waals surface area contributed by atoms with Crippen molar-refractivity contribution in [3.63, 3.8) is 0 Å². The fourth-order valence-electron chi connectivity index (χ4n) is 4.47. The highest BCUT2D eigenvalue weighted by atomic mass is 32.2. The topological polar surface area (TPSA) is 86.4 Å². The van der Waals surface area contributed by atoms with Gasteiger partial charge >= 0.3 is 0 Å². The first-order chi connectivity index (χ1) is 16.8. The Morgan fingerprint density at radius 3 is 2.74 bits per heavy atom. The molecule has 2 heterocycles. The lowest BCUT2D eigenvalue weighted by Crippen LogP contribution is -2.42. The predicted molar refractivity (Wildman–Crippen MR) is 133 cm³/mol. The van der Waals surface area contributed by atoms with Crippen molar-refractivity contribution in [2.75, 3.05) is 20.1 Å². The number of aryl methyl sites for hydroxylation is 1. The van der Waals surface area contributed by atoms with Crippen LogP contribution < -0.4 is 0 Å². The molecule has 7 nitrogen and oxygen atoms in total. The van der Waals surface area contributed by atoms with E-state index in [1.54, 1.807) is 46.6 Å². The maximum atomic E-state index is 13.5. The van der Waals surface area contributed by atoms with Gasteiger partial charge in [-0.3, -0.25) is 9.89 Å². The number of benzene rings is 2. The Hall–Kier alpha value is -3.04. The highest BCUT2D eigenvalue weighted by Crippen LogP contribution is 2.26. The summed E-state index contributed by atoms with van der Waals surface area (Å²) in [5.41, 5.74) is 2.63. The fraction of sp³-hybridized carbons (Fsp3) is 0.385. The Morgan fingerprint density at radius 2 is 1.97 bits per heavy atom. The quantitative estimate of drug-likeness (QED) is 0.496. The van der Waals surface area contributed by atoms with Crippen LogP contribution in [0.3, 0.4) is 0 Å². The van der Waals surface area contributed by atoms with Crippen LogP contribution in [0.1, 0.15) is 48.7 Å². The second-order valence-corrected chi connectivity index (χ2v) is 11.0. The SMILES string of the molecule is CC1CCCCN1S(=O)(=O)c1cccc(C(=O)N(C)CCCc2cc(-c3cccc(F)c3)n[nH]2)c1. The number of hydrogen-bond donors (Lipinski definition) is 1. The van der Waals surface area contributed by atoms with E-state index >= 15 is 0 Å². The Kier molecular flexibility index (Phi) is 7.66. The van der Waals surface area contributed by atoms with E-state index in [0.717, 1.165) is 25.0 Å². The molecule has 1 atom stereocenters. The number of sulfonamides is 1. The van der Waals surface area contributed by atoms with Crippen molar-refractivity contribution < 1.29 is 17.6 Å². The molecule has 0 spiro atoms. The van der Waals surface area contributed by atoms with E-state index in [1.807, 2.05) is 13.0 Å². The molecule has 9 heteroatoms. The van der Waals surface area contributed by atoms with E-state index in [4.69, 9.17) is 0 Å². The van der Waals surface area contributed by atoms with Crippen LogP contribution in [-0.2, 0) is 16.4 Å². The van der Waals surface area contributed by atoms with Crippen molar-refractivity contribution in [3.05, 3.63) is 71.7 Å². The van der Waals surface area contributed by atoms with Crippen LogP contribution in [0.15, 0.2) is 59.5 Å². The lowest BCUT2D eigenvalue weighted by atomic mass is 10.1. The molecule has 1 aromatic heterocycles. The maximum Gasteiger partial charge on any atom is 0.253 e. The third-order valence-electron chi connectivity index (χ3n) is 6.47. The van der Waals surface area contributed by atoms with Crippen molar-refractivity contribution >= 4 is 15.9 Å². The summed E-state index contributed by atoms with van der Waals surface area (Å²) in [5, 5.41) is 7.22. The van der Waals surface area contributed by atoms with Crippen molar-refractivity contribution in [2.24, 2.45) is 0 Å². The van der Waals surface area contributed by atoms with Crippen LogP contribution in [0, 0.1) is 5.82 Å². The smallest absolute Gasteiger partial charge is 0.253 e. The minimum Gasteiger partial charge on any atom is -0.342 e. The van der Waals surface area contributed by atoms with Gasteiger partial charge in [-0.15, -0.1) is 0 Å². The number of carbonyl (C=O) groups is 1. The zero-order chi connectivity index (χ0) is 25.0. The van der Waals surface area contributed by atoms with E-state index in [1.165, 1.54) is 18.2 Å². The number of carbonyl (C=O) groups excluding carboxylic acids is 1. The molecule has 1 N–H and O–H groups in total. The van der Waals surface area contributed by atoms with Crippen LogP contribution in [0.25, 0.3) is 11.3 Å². The molecule has 35 heavy (non-hydrogen) atoms. The van der Waals surface area contributed by atoms with Gasteiger partial charge in [0.25, 0.3) is 5.91 Å². The highest BCUT2D eigenvalue weighted by molar-refractivity contribution is 7.89. The van der Waals surface area contributed by atoms with Crippen molar-refractivity contribution in [3.8, 4) is 11.3 Å². The summed E-state index contributed by atoms with van der Waals surface area (Å²) in [4.78, 5) is 14.7. The molecule has 1 amide bonds. The van der Waals surface area contributed by atoms with Gasteiger partial charge in [0.1, 0.15) is 5.82 Å². The largest absolute Gasteiger partial charge is 0.342 e. The molecular formula is C26H31FN4O3S. The number of halogens is 1. The number of aromatic nitrogens is 2. The van der Waals surface area contributed by atoms with Gasteiger partial charge in [-0.25, -0.2) is 12.8 Å². The molecule has 1 aliphatic heterocycles. The molecule has 0 saturated carbocycles. The van der Waals surface area contributed by atoms with Crippen LogP contribution in [0.4, 0.5) is 4.39 Å². The summed E-state index contributed by atoms with van der Waals surface area (Å²) in [6.07, 6.45) is 4.09. The standard InChI is InChI=1S/C26H31FN4O3S/c1-19-8-3-4-15-31(19)35(33,34)24-13-6-10-21(17-24)26(32)30(2)14-7-12-23-18-25(29-28-23)20-9-5-11-22(27)16-20/h5-6,9-11,13,16-19H,3-4,7-8,12,14-15H2,1-2H3,(H,28,29). The van der Waals surface area contributed by atoms with E-state index in [9.17, 15) is 17.6 Å². The predicted octanol–water partition coefficient (Wildman–Crippen LogP) is 4.48. The molecule has 1 aliphatic rings. The lowest BCUT2D eigenvalue weighted by Gasteiger charge is -2.32. The van der Waals surface area contributed by atoms with Crippen molar-refractivity contribution in [2.45, 2.75) is 50.0 Å². The summed E-state index contributed by atoms with van der Waals surface area (Å²) < 4.78 is 41.3. The monoisotopic (exact) mass is 498 g/mol. The Morgan fingerprint density at radius 1 is 1.17 bits per heavy atom. The Labute approximate surface area is 206 Å². The first kappa shape index (κ1) is 25.1. The van der Waals surface area contributed by atoms with Gasteiger partial charge in [-0.1, -0.05) is 24.6 Å². The Balaban J connectivity index is 1.36. The van der Waals surface area contributed by atoms with Gasteiger partial charge < -0.3 is 4.90 Å². The third-order valence-corrected chi connectivity index (χ3v) is 8.48. The zero-order valence-corrected chi connectivity index (χ0v) is 20.9. The van der Waals surface area contributed by atoms with Gasteiger partial charge in [-0.2, -0.15) is 9.40 Å². The van der Waals surface area contributed by atoms with Crippen molar-refractivity contribution in [1.29, 1.82) is 0 Å². The fourth-order valence-corrected chi connectivity index (χ4v) is 6.21. The van der Waals surface area contributed by atoms with Crippen molar-refractivity contribution in [1.82, 2.24) is 19.4 Å². The molecule has 4 rings (SSSR count). The molecule has 1 fully saturated rings. The molecule has 0 bridgehead atoms. The van der Waals surface area contributed by atoms with E-state index in [0.29, 0.717) is 42.8 Å². The number of piperidine rings is 1. The number of amides is 1.